The third kappa shape index (κ3) is 3.32. The van der Waals surface area contributed by atoms with Gasteiger partial charge in [0.25, 0.3) is 0 Å². The van der Waals surface area contributed by atoms with E-state index in [2.05, 4.69) is 20.6 Å². The van der Waals surface area contributed by atoms with Crippen LogP contribution in [0.3, 0.4) is 0 Å². The summed E-state index contributed by atoms with van der Waals surface area (Å²) >= 11 is 1.69. The van der Waals surface area contributed by atoms with E-state index < -0.39 is 0 Å². The number of thiazole rings is 1. The van der Waals surface area contributed by atoms with Crippen LogP contribution < -0.4 is 5.32 Å². The largest absolute Gasteiger partial charge is 0.383 e. The predicted octanol–water partition coefficient (Wildman–Crippen LogP) is 0.803. The molecule has 2 aliphatic rings. The van der Waals surface area contributed by atoms with Gasteiger partial charge >= 0.3 is 0 Å². The van der Waals surface area contributed by atoms with Crippen molar-refractivity contribution in [2.24, 2.45) is 5.92 Å². The van der Waals surface area contributed by atoms with Gasteiger partial charge in [0.05, 0.1) is 25.2 Å². The molecule has 3 heterocycles. The molecule has 1 aromatic heterocycles. The Kier molecular flexibility index (Phi) is 5.07. The van der Waals surface area contributed by atoms with Gasteiger partial charge in [-0.3, -0.25) is 9.69 Å². The number of amides is 1. The van der Waals surface area contributed by atoms with Crippen molar-refractivity contribution in [2.75, 3.05) is 33.4 Å². The summed E-state index contributed by atoms with van der Waals surface area (Å²) in [7, 11) is 1.63. The molecule has 0 bridgehead atoms. The van der Waals surface area contributed by atoms with E-state index >= 15 is 0 Å². The highest BCUT2D eigenvalue weighted by molar-refractivity contribution is 7.09. The van der Waals surface area contributed by atoms with Crippen LogP contribution >= 0.6 is 11.3 Å². The van der Waals surface area contributed by atoms with Crippen LogP contribution in [0.25, 0.3) is 0 Å². The molecule has 122 valence electrons. The van der Waals surface area contributed by atoms with Crippen LogP contribution in [0.5, 0.6) is 0 Å². The summed E-state index contributed by atoms with van der Waals surface area (Å²) in [4.78, 5) is 19.3. The first kappa shape index (κ1) is 15.9. The van der Waals surface area contributed by atoms with E-state index in [1.165, 1.54) is 0 Å². The second-order valence-corrected chi connectivity index (χ2v) is 6.84. The number of methoxy groups -OCH3 is 1. The molecule has 2 saturated heterocycles. The number of nitrogens with one attached hydrogen (secondary N) is 1. The second-order valence-electron chi connectivity index (χ2n) is 5.89. The minimum atomic E-state index is -0.0922. The second kappa shape index (κ2) is 7.04. The van der Waals surface area contributed by atoms with E-state index in [9.17, 15) is 4.79 Å². The Morgan fingerprint density at radius 3 is 3.23 bits per heavy atom. The smallest absolute Gasteiger partial charge is 0.227 e. The highest BCUT2D eigenvalue weighted by Crippen LogP contribution is 2.34. The van der Waals surface area contributed by atoms with Crippen molar-refractivity contribution < 1.29 is 14.3 Å². The number of hydrogen-bond donors (Lipinski definition) is 1. The minimum Gasteiger partial charge on any atom is -0.383 e. The zero-order valence-corrected chi connectivity index (χ0v) is 13.9. The molecule has 0 radical (unpaired) electrons. The number of fused-ring (bicyclic) bond motifs is 1. The van der Waals surface area contributed by atoms with Gasteiger partial charge in [-0.05, 0) is 13.3 Å². The number of aromatic nitrogens is 1. The molecule has 22 heavy (non-hydrogen) atoms. The summed E-state index contributed by atoms with van der Waals surface area (Å²) < 4.78 is 10.8. The van der Waals surface area contributed by atoms with Crippen molar-refractivity contribution in [2.45, 2.75) is 32.0 Å². The summed E-state index contributed by atoms with van der Waals surface area (Å²) in [6, 6.07) is 0.336. The summed E-state index contributed by atoms with van der Waals surface area (Å²) in [6.45, 7) is 5.39. The number of ether oxygens (including phenoxy) is 2. The number of aryl methyl sites for hydroxylation is 1. The average molecular weight is 325 g/mol. The maximum absolute atomic E-state index is 12.4. The van der Waals surface area contributed by atoms with E-state index in [1.807, 2.05) is 6.92 Å². The van der Waals surface area contributed by atoms with Gasteiger partial charge in [0.15, 0.2) is 0 Å². The van der Waals surface area contributed by atoms with Crippen molar-refractivity contribution in [3.05, 3.63) is 16.1 Å². The van der Waals surface area contributed by atoms with Gasteiger partial charge in [0, 0.05) is 43.9 Å². The fourth-order valence-electron chi connectivity index (χ4n) is 3.34. The van der Waals surface area contributed by atoms with E-state index in [4.69, 9.17) is 9.47 Å². The van der Waals surface area contributed by atoms with Crippen molar-refractivity contribution in [1.29, 1.82) is 0 Å². The monoisotopic (exact) mass is 325 g/mol. The van der Waals surface area contributed by atoms with Crippen LogP contribution in [-0.2, 0) is 20.8 Å². The van der Waals surface area contributed by atoms with Crippen LogP contribution in [0.1, 0.15) is 17.1 Å². The van der Waals surface area contributed by atoms with Crippen molar-refractivity contribution in [3.8, 4) is 0 Å². The predicted molar refractivity (Wildman–Crippen MR) is 83.8 cm³/mol. The Hall–Kier alpha value is -1.02. The van der Waals surface area contributed by atoms with Gasteiger partial charge in [0.1, 0.15) is 5.01 Å². The third-order valence-corrected chi connectivity index (χ3v) is 5.30. The lowest BCUT2D eigenvalue weighted by molar-refractivity contribution is -0.127. The molecule has 0 spiro atoms. The third-order valence-electron chi connectivity index (χ3n) is 4.35. The molecule has 1 N–H and O–H groups in total. The lowest BCUT2D eigenvalue weighted by Crippen LogP contribution is -2.39. The topological polar surface area (TPSA) is 63.7 Å². The van der Waals surface area contributed by atoms with E-state index in [1.54, 1.807) is 18.4 Å². The molecule has 1 amide bonds. The first-order valence-electron chi connectivity index (χ1n) is 7.72. The van der Waals surface area contributed by atoms with Gasteiger partial charge in [-0.15, -0.1) is 11.3 Å². The van der Waals surface area contributed by atoms with E-state index in [-0.39, 0.29) is 17.9 Å². The highest BCUT2D eigenvalue weighted by atomic mass is 32.1. The van der Waals surface area contributed by atoms with Gasteiger partial charge in [-0.2, -0.15) is 0 Å². The maximum atomic E-state index is 12.4. The molecule has 2 fully saturated rings. The summed E-state index contributed by atoms with van der Waals surface area (Å²) in [5.41, 5.74) is 1.06. The lowest BCUT2D eigenvalue weighted by Gasteiger charge is -2.20. The Balaban J connectivity index is 1.63. The molecule has 0 saturated carbocycles. The summed E-state index contributed by atoms with van der Waals surface area (Å²) in [6.07, 6.45) is 1.01. The highest BCUT2D eigenvalue weighted by Gasteiger charge is 2.48. The molecule has 0 aliphatic carbocycles. The summed E-state index contributed by atoms with van der Waals surface area (Å²) in [5, 5.41) is 6.13. The maximum Gasteiger partial charge on any atom is 0.227 e. The van der Waals surface area contributed by atoms with Gasteiger partial charge in [-0.25, -0.2) is 4.98 Å². The fraction of sp³-hybridized carbons (Fsp3) is 0.733. The van der Waals surface area contributed by atoms with Crippen LogP contribution in [0.4, 0.5) is 0 Å². The van der Waals surface area contributed by atoms with Gasteiger partial charge in [0.2, 0.25) is 5.91 Å². The quantitative estimate of drug-likeness (QED) is 0.784. The molecule has 7 heteroatoms. The van der Waals surface area contributed by atoms with E-state index in [0.29, 0.717) is 19.2 Å². The zero-order valence-electron chi connectivity index (χ0n) is 13.1. The molecular formula is C15H23N3O3S. The molecule has 1 aromatic rings. The Morgan fingerprint density at radius 1 is 1.64 bits per heavy atom. The molecule has 0 aromatic carbocycles. The van der Waals surface area contributed by atoms with Crippen LogP contribution in [0.2, 0.25) is 0 Å². The lowest BCUT2D eigenvalue weighted by atomic mass is 10.0. The molecule has 2 aliphatic heterocycles. The van der Waals surface area contributed by atoms with Crippen molar-refractivity contribution in [1.82, 2.24) is 15.2 Å². The minimum absolute atomic E-state index is 0.0172. The van der Waals surface area contributed by atoms with Crippen LogP contribution in [-0.4, -0.2) is 61.3 Å². The number of hydrogen-bond acceptors (Lipinski definition) is 6. The van der Waals surface area contributed by atoms with Crippen LogP contribution in [0.15, 0.2) is 5.38 Å². The van der Waals surface area contributed by atoms with Gasteiger partial charge in [-0.1, -0.05) is 0 Å². The number of rotatable bonds is 6. The van der Waals surface area contributed by atoms with Crippen molar-refractivity contribution >= 4 is 17.2 Å². The van der Waals surface area contributed by atoms with Crippen LogP contribution in [0, 0.1) is 12.8 Å². The Labute approximate surface area is 134 Å². The molecule has 3 rings (SSSR count). The summed E-state index contributed by atoms with van der Waals surface area (Å²) in [5.74, 6) is -0.0165. The standard InChI is InChI=1S/C15H23N3O3S/c1-10-9-22-13(17-10)8-18-7-11(14-12(18)3-5-21-14)15(19)16-4-6-20-2/h9,11-12,14H,3-8H2,1-2H3,(H,16,19)/t11-,12+,14+/m0/s1. The molecular weight excluding hydrogens is 302 g/mol. The Morgan fingerprint density at radius 2 is 2.50 bits per heavy atom. The Bertz CT molecular complexity index is 522. The van der Waals surface area contributed by atoms with Gasteiger partial charge < -0.3 is 14.8 Å². The van der Waals surface area contributed by atoms with E-state index in [0.717, 1.165) is 36.8 Å². The molecule has 6 nitrogen and oxygen atoms in total. The molecule has 0 unspecified atom stereocenters. The number of carbonyl (C=O) groups excluding carboxylic acids is 1. The van der Waals surface area contributed by atoms with Crippen molar-refractivity contribution in [3.63, 3.8) is 0 Å². The SMILES string of the molecule is COCCNC(=O)[C@H]1CN(Cc2nc(C)cs2)[C@@H]2CCO[C@H]12. The first-order valence-corrected chi connectivity index (χ1v) is 8.60. The zero-order chi connectivity index (χ0) is 15.5. The number of carbonyl (C=O) groups is 1. The number of likely N-dealkylation sites (tertiary alicyclic amines) is 1. The molecule has 3 atom stereocenters. The first-order chi connectivity index (χ1) is 10.7. The average Bonchev–Trinajstić information content (AvgIpc) is 3.17. The normalized spacial score (nSPS) is 28.0. The fourth-order valence-corrected chi connectivity index (χ4v) is 4.13. The number of nitrogens with zero attached hydrogens (tertiary/aromatic N) is 2.